The molecule has 2 aliphatic carbocycles. The normalized spacial score (nSPS) is 32.4. The third kappa shape index (κ3) is 3.85. The molecule has 0 spiro atoms. The first kappa shape index (κ1) is 21.2. The number of anilines is 1. The van der Waals surface area contributed by atoms with Gasteiger partial charge in [0, 0.05) is 30.4 Å². The van der Waals surface area contributed by atoms with Gasteiger partial charge in [-0.25, -0.2) is 0 Å². The lowest BCUT2D eigenvalue weighted by Gasteiger charge is -2.45. The van der Waals surface area contributed by atoms with Gasteiger partial charge < -0.3 is 25.4 Å². The summed E-state index contributed by atoms with van der Waals surface area (Å²) in [6.45, 7) is 1.58. The topological polar surface area (TPSA) is 93.9 Å². The highest BCUT2D eigenvalue weighted by Gasteiger charge is 2.43. The molecule has 5 rings (SSSR count). The highest BCUT2D eigenvalue weighted by Crippen LogP contribution is 2.40. The average Bonchev–Trinajstić information content (AvgIpc) is 3.10. The van der Waals surface area contributed by atoms with Crippen LogP contribution in [-0.2, 0) is 9.59 Å². The van der Waals surface area contributed by atoms with Crippen molar-refractivity contribution in [2.75, 3.05) is 24.7 Å². The van der Waals surface area contributed by atoms with Crippen molar-refractivity contribution in [1.29, 1.82) is 0 Å². The SMILES string of the molecule is Cl.NC1CC2CCCC(C1)C2NC(=O)C1CCN(c2ccc3c(c2)OCCO3)C1=O. The summed E-state index contributed by atoms with van der Waals surface area (Å²) in [6.07, 6.45) is 5.95. The maximum atomic E-state index is 13.0. The molecule has 2 heterocycles. The average molecular weight is 436 g/mol. The summed E-state index contributed by atoms with van der Waals surface area (Å²) in [7, 11) is 0. The lowest BCUT2D eigenvalue weighted by Crippen LogP contribution is -2.55. The third-order valence-electron chi connectivity index (χ3n) is 7.04. The van der Waals surface area contributed by atoms with Crippen LogP contribution in [0.3, 0.4) is 0 Å². The summed E-state index contributed by atoms with van der Waals surface area (Å²) < 4.78 is 11.2. The number of hydrogen-bond donors (Lipinski definition) is 2. The summed E-state index contributed by atoms with van der Waals surface area (Å²) >= 11 is 0. The van der Waals surface area contributed by atoms with Gasteiger partial charge >= 0.3 is 0 Å². The molecule has 164 valence electrons. The molecule has 30 heavy (non-hydrogen) atoms. The minimum absolute atomic E-state index is 0. The van der Waals surface area contributed by atoms with Gasteiger partial charge in [0.2, 0.25) is 11.8 Å². The van der Waals surface area contributed by atoms with Crippen LogP contribution in [0.4, 0.5) is 5.69 Å². The minimum Gasteiger partial charge on any atom is -0.486 e. The Bertz CT molecular complexity index is 806. The lowest BCUT2D eigenvalue weighted by molar-refractivity contribution is -0.133. The summed E-state index contributed by atoms with van der Waals surface area (Å²) in [4.78, 5) is 27.7. The third-order valence-corrected chi connectivity index (χ3v) is 7.04. The van der Waals surface area contributed by atoms with E-state index in [0.717, 1.165) is 31.4 Å². The smallest absolute Gasteiger partial charge is 0.239 e. The van der Waals surface area contributed by atoms with Crippen LogP contribution in [0.15, 0.2) is 18.2 Å². The molecule has 8 heteroatoms. The number of halogens is 1. The summed E-state index contributed by atoms with van der Waals surface area (Å²) in [5.41, 5.74) is 6.96. The van der Waals surface area contributed by atoms with Crippen LogP contribution >= 0.6 is 12.4 Å². The molecule has 2 amide bonds. The van der Waals surface area contributed by atoms with Crippen molar-refractivity contribution in [3.05, 3.63) is 18.2 Å². The second-order valence-corrected chi connectivity index (χ2v) is 8.88. The number of nitrogens with two attached hydrogens (primary N) is 1. The molecule has 2 aliphatic heterocycles. The molecule has 2 saturated carbocycles. The number of carbonyl (C=O) groups is 2. The van der Waals surface area contributed by atoms with Crippen molar-refractivity contribution in [2.24, 2.45) is 23.5 Å². The fourth-order valence-corrected chi connectivity index (χ4v) is 5.67. The predicted molar refractivity (Wildman–Crippen MR) is 115 cm³/mol. The van der Waals surface area contributed by atoms with Gasteiger partial charge in [0.15, 0.2) is 11.5 Å². The highest BCUT2D eigenvalue weighted by atomic mass is 35.5. The van der Waals surface area contributed by atoms with Crippen LogP contribution in [0.5, 0.6) is 11.5 Å². The highest BCUT2D eigenvalue weighted by molar-refractivity contribution is 6.09. The van der Waals surface area contributed by atoms with Gasteiger partial charge in [-0.05, 0) is 56.1 Å². The van der Waals surface area contributed by atoms with Gasteiger partial charge in [-0.15, -0.1) is 12.4 Å². The van der Waals surface area contributed by atoms with Crippen LogP contribution in [0.25, 0.3) is 0 Å². The lowest BCUT2D eigenvalue weighted by atomic mass is 9.67. The van der Waals surface area contributed by atoms with Gasteiger partial charge in [-0.1, -0.05) is 6.42 Å². The first-order chi connectivity index (χ1) is 14.1. The molecule has 0 aromatic heterocycles. The molecule has 1 aromatic rings. The second kappa shape index (κ2) is 8.63. The Morgan fingerprint density at radius 1 is 1.07 bits per heavy atom. The Labute approximate surface area is 183 Å². The minimum atomic E-state index is -0.612. The fourth-order valence-electron chi connectivity index (χ4n) is 5.67. The van der Waals surface area contributed by atoms with E-state index in [1.807, 2.05) is 18.2 Å². The largest absolute Gasteiger partial charge is 0.486 e. The first-order valence-corrected chi connectivity index (χ1v) is 10.9. The van der Waals surface area contributed by atoms with Gasteiger partial charge in [0.25, 0.3) is 0 Å². The van der Waals surface area contributed by atoms with E-state index in [2.05, 4.69) is 5.32 Å². The number of nitrogens with zero attached hydrogens (tertiary/aromatic N) is 1. The van der Waals surface area contributed by atoms with Crippen molar-refractivity contribution in [1.82, 2.24) is 5.32 Å². The number of rotatable bonds is 3. The number of hydrogen-bond acceptors (Lipinski definition) is 5. The zero-order valence-electron chi connectivity index (χ0n) is 17.0. The van der Waals surface area contributed by atoms with E-state index >= 15 is 0 Å². The van der Waals surface area contributed by atoms with Crippen molar-refractivity contribution in [2.45, 2.75) is 50.6 Å². The van der Waals surface area contributed by atoms with Gasteiger partial charge in [-0.2, -0.15) is 0 Å². The molecule has 3 unspecified atom stereocenters. The summed E-state index contributed by atoms with van der Waals surface area (Å²) in [5, 5.41) is 3.25. The molecule has 0 radical (unpaired) electrons. The number of fused-ring (bicyclic) bond motifs is 3. The Hall–Kier alpha value is -1.99. The molecular weight excluding hydrogens is 406 g/mol. The van der Waals surface area contributed by atoms with Gasteiger partial charge in [-0.3, -0.25) is 9.59 Å². The van der Waals surface area contributed by atoms with E-state index < -0.39 is 5.92 Å². The molecule has 1 saturated heterocycles. The van der Waals surface area contributed by atoms with Crippen LogP contribution < -0.4 is 25.4 Å². The van der Waals surface area contributed by atoms with Crippen LogP contribution in [-0.4, -0.2) is 43.7 Å². The Kier molecular flexibility index (Phi) is 6.11. The van der Waals surface area contributed by atoms with Gasteiger partial charge in [0.1, 0.15) is 19.1 Å². The van der Waals surface area contributed by atoms with E-state index in [1.54, 1.807) is 4.90 Å². The number of nitrogens with one attached hydrogen (secondary N) is 1. The monoisotopic (exact) mass is 435 g/mol. The number of amides is 2. The predicted octanol–water partition coefficient (Wildman–Crippen LogP) is 2.25. The van der Waals surface area contributed by atoms with Crippen molar-refractivity contribution in [3.63, 3.8) is 0 Å². The maximum Gasteiger partial charge on any atom is 0.239 e. The van der Waals surface area contributed by atoms with E-state index in [0.29, 0.717) is 49.5 Å². The maximum absolute atomic E-state index is 13.0. The zero-order chi connectivity index (χ0) is 20.0. The van der Waals surface area contributed by atoms with Crippen molar-refractivity contribution >= 4 is 29.9 Å². The van der Waals surface area contributed by atoms with Crippen LogP contribution in [0.2, 0.25) is 0 Å². The van der Waals surface area contributed by atoms with E-state index in [9.17, 15) is 9.59 Å². The Morgan fingerprint density at radius 2 is 1.77 bits per heavy atom. The molecule has 4 aliphatic rings. The Balaban J connectivity index is 0.00000218. The Morgan fingerprint density at radius 3 is 2.50 bits per heavy atom. The molecule has 3 N–H and O–H groups in total. The molecule has 1 aromatic carbocycles. The second-order valence-electron chi connectivity index (χ2n) is 8.88. The van der Waals surface area contributed by atoms with E-state index in [4.69, 9.17) is 15.2 Å². The molecule has 2 bridgehead atoms. The molecule has 3 fully saturated rings. The van der Waals surface area contributed by atoms with Gasteiger partial charge in [0.05, 0.1) is 0 Å². The molecule has 7 nitrogen and oxygen atoms in total. The molecule has 3 atom stereocenters. The summed E-state index contributed by atoms with van der Waals surface area (Å²) in [6, 6.07) is 5.94. The number of ether oxygens (including phenoxy) is 2. The number of benzene rings is 1. The van der Waals surface area contributed by atoms with Crippen LogP contribution in [0, 0.1) is 17.8 Å². The summed E-state index contributed by atoms with van der Waals surface area (Å²) in [5.74, 6) is 1.39. The van der Waals surface area contributed by atoms with Crippen LogP contribution in [0.1, 0.15) is 38.5 Å². The zero-order valence-corrected chi connectivity index (χ0v) is 17.9. The van der Waals surface area contributed by atoms with Crippen molar-refractivity contribution in [3.8, 4) is 11.5 Å². The fraction of sp³-hybridized carbons (Fsp3) is 0.636. The number of carbonyl (C=O) groups excluding carboxylic acids is 2. The van der Waals surface area contributed by atoms with E-state index in [1.165, 1.54) is 6.42 Å². The van der Waals surface area contributed by atoms with E-state index in [-0.39, 0.29) is 36.3 Å². The quantitative estimate of drug-likeness (QED) is 0.710. The van der Waals surface area contributed by atoms with Crippen molar-refractivity contribution < 1.29 is 19.1 Å². The molecular formula is C22H30ClN3O4. The first-order valence-electron chi connectivity index (χ1n) is 10.9. The standard InChI is InChI=1S/C22H29N3O4.ClH/c23-15-10-13-2-1-3-14(11-15)20(13)24-21(26)17-6-7-25(22(17)27)16-4-5-18-19(12-16)29-9-8-28-18;/h4-5,12-15,17,20H,1-3,6-11,23H2,(H,24,26);1H.